The average molecular weight is 332 g/mol. The van der Waals surface area contributed by atoms with Crippen molar-refractivity contribution < 1.29 is 19.4 Å². The molecule has 1 heterocycles. The number of carbonyl (C=O) groups excluding carboxylic acids is 2. The zero-order valence-electron chi connectivity index (χ0n) is 14.0. The Hall–Kier alpha value is -2.24. The lowest BCUT2D eigenvalue weighted by atomic mass is 9.86. The van der Waals surface area contributed by atoms with E-state index >= 15 is 0 Å². The molecule has 0 spiro atoms. The molecule has 0 unspecified atom stereocenters. The van der Waals surface area contributed by atoms with Gasteiger partial charge in [-0.25, -0.2) is 0 Å². The second kappa shape index (κ2) is 7.11. The number of hydrogen-bond acceptors (Lipinski definition) is 5. The fourth-order valence-corrected chi connectivity index (χ4v) is 3.12. The highest BCUT2D eigenvalue weighted by atomic mass is 16.5. The largest absolute Gasteiger partial charge is 0.506 e. The summed E-state index contributed by atoms with van der Waals surface area (Å²) in [5.74, 6) is -0.146. The third-order valence-corrected chi connectivity index (χ3v) is 4.89. The van der Waals surface area contributed by atoms with Crippen molar-refractivity contribution in [2.24, 2.45) is 5.92 Å². The number of carbonyl (C=O) groups is 2. The van der Waals surface area contributed by atoms with Gasteiger partial charge in [0.15, 0.2) is 6.10 Å². The van der Waals surface area contributed by atoms with Crippen LogP contribution in [0, 0.1) is 5.92 Å². The summed E-state index contributed by atoms with van der Waals surface area (Å²) in [7, 11) is 0. The fourth-order valence-electron chi connectivity index (χ4n) is 3.12. The highest BCUT2D eigenvalue weighted by Gasteiger charge is 2.32. The maximum Gasteiger partial charge on any atom is 0.309 e. The van der Waals surface area contributed by atoms with Gasteiger partial charge in [-0.15, -0.1) is 0 Å². The van der Waals surface area contributed by atoms with Crippen molar-refractivity contribution >= 4 is 17.6 Å². The molecule has 2 fully saturated rings. The van der Waals surface area contributed by atoms with Crippen LogP contribution in [0.1, 0.15) is 26.2 Å². The number of piperazine rings is 1. The van der Waals surface area contributed by atoms with Crippen LogP contribution in [-0.2, 0) is 14.3 Å². The van der Waals surface area contributed by atoms with Crippen LogP contribution in [0.5, 0.6) is 5.75 Å². The molecule has 1 saturated heterocycles. The number of esters is 1. The molecule has 6 heteroatoms. The normalized spacial score (nSPS) is 19.5. The molecule has 1 saturated carbocycles. The van der Waals surface area contributed by atoms with Gasteiger partial charge in [0.05, 0.1) is 11.6 Å². The number of phenolic OH excluding ortho intramolecular Hbond substituents is 1. The number of benzene rings is 1. The van der Waals surface area contributed by atoms with Crippen LogP contribution in [0.2, 0.25) is 0 Å². The molecule has 6 nitrogen and oxygen atoms in total. The van der Waals surface area contributed by atoms with Crippen molar-refractivity contribution in [3.63, 3.8) is 0 Å². The summed E-state index contributed by atoms with van der Waals surface area (Å²) in [4.78, 5) is 28.1. The first-order valence-electron chi connectivity index (χ1n) is 8.58. The van der Waals surface area contributed by atoms with Gasteiger partial charge in [-0.1, -0.05) is 18.6 Å². The van der Waals surface area contributed by atoms with Crippen LogP contribution >= 0.6 is 0 Å². The first-order chi connectivity index (χ1) is 11.6. The number of amides is 1. The van der Waals surface area contributed by atoms with Crippen LogP contribution in [0.15, 0.2) is 24.3 Å². The number of aromatic hydroxyl groups is 1. The third-order valence-electron chi connectivity index (χ3n) is 4.89. The maximum atomic E-state index is 12.5. The predicted molar refractivity (Wildman–Crippen MR) is 89.8 cm³/mol. The van der Waals surface area contributed by atoms with E-state index < -0.39 is 6.10 Å². The van der Waals surface area contributed by atoms with Gasteiger partial charge in [-0.3, -0.25) is 9.59 Å². The van der Waals surface area contributed by atoms with Gasteiger partial charge in [-0.05, 0) is 31.9 Å². The molecule has 1 aliphatic heterocycles. The van der Waals surface area contributed by atoms with E-state index in [1.807, 2.05) is 12.1 Å². The van der Waals surface area contributed by atoms with Crippen molar-refractivity contribution in [2.45, 2.75) is 32.3 Å². The Bertz CT molecular complexity index is 607. The molecular weight excluding hydrogens is 308 g/mol. The summed E-state index contributed by atoms with van der Waals surface area (Å²) >= 11 is 0. The monoisotopic (exact) mass is 332 g/mol. The smallest absolute Gasteiger partial charge is 0.309 e. The minimum absolute atomic E-state index is 0.0156. The minimum Gasteiger partial charge on any atom is -0.506 e. The van der Waals surface area contributed by atoms with Crippen LogP contribution in [-0.4, -0.2) is 54.2 Å². The Kier molecular flexibility index (Phi) is 4.92. The molecule has 2 aliphatic rings. The van der Waals surface area contributed by atoms with Gasteiger partial charge in [0.2, 0.25) is 0 Å². The number of nitrogens with zero attached hydrogens (tertiary/aromatic N) is 2. The highest BCUT2D eigenvalue weighted by molar-refractivity contribution is 5.84. The average Bonchev–Trinajstić information content (AvgIpc) is 2.53. The van der Waals surface area contributed by atoms with E-state index in [4.69, 9.17) is 4.74 Å². The van der Waals surface area contributed by atoms with Crippen molar-refractivity contribution in [2.75, 3.05) is 31.1 Å². The standard InChI is InChI=1S/C18H24N2O4/c1-13(24-18(23)14-5-4-6-14)17(22)20-11-9-19(10-12-20)15-7-2-3-8-16(15)21/h2-3,7-8,13-14,21H,4-6,9-12H2,1H3/t13-/m1/s1. The van der Waals surface area contributed by atoms with Gasteiger partial charge < -0.3 is 19.6 Å². The predicted octanol–water partition coefficient (Wildman–Crippen LogP) is 1.77. The molecule has 1 amide bonds. The van der Waals surface area contributed by atoms with Gasteiger partial charge in [0, 0.05) is 26.2 Å². The van der Waals surface area contributed by atoms with Gasteiger partial charge in [0.25, 0.3) is 5.91 Å². The SMILES string of the molecule is C[C@@H](OC(=O)C1CCC1)C(=O)N1CCN(c2ccccc2O)CC1. The van der Waals surface area contributed by atoms with Gasteiger partial charge >= 0.3 is 5.97 Å². The van der Waals surface area contributed by atoms with Gasteiger partial charge in [-0.2, -0.15) is 0 Å². The molecule has 0 aromatic heterocycles. The Balaban J connectivity index is 1.51. The van der Waals surface area contributed by atoms with Crippen LogP contribution in [0.3, 0.4) is 0 Å². The first kappa shape index (κ1) is 16.6. The molecule has 130 valence electrons. The van der Waals surface area contributed by atoms with E-state index in [1.54, 1.807) is 24.0 Å². The summed E-state index contributed by atoms with van der Waals surface area (Å²) in [6, 6.07) is 7.20. The second-order valence-electron chi connectivity index (χ2n) is 6.51. The summed E-state index contributed by atoms with van der Waals surface area (Å²) in [5.41, 5.74) is 0.786. The van der Waals surface area contributed by atoms with Crippen molar-refractivity contribution in [1.82, 2.24) is 4.90 Å². The third kappa shape index (κ3) is 3.47. The van der Waals surface area contributed by atoms with E-state index in [0.29, 0.717) is 26.2 Å². The molecule has 0 bridgehead atoms. The molecule has 1 N–H and O–H groups in total. The molecule has 1 atom stereocenters. The Morgan fingerprint density at radius 2 is 1.83 bits per heavy atom. The Morgan fingerprint density at radius 3 is 2.42 bits per heavy atom. The molecule has 0 radical (unpaired) electrons. The lowest BCUT2D eigenvalue weighted by Crippen LogP contribution is -2.52. The van der Waals surface area contributed by atoms with E-state index in [-0.39, 0.29) is 23.5 Å². The topological polar surface area (TPSA) is 70.1 Å². The summed E-state index contributed by atoms with van der Waals surface area (Å²) in [5, 5.41) is 9.93. The minimum atomic E-state index is -0.727. The zero-order valence-corrected chi connectivity index (χ0v) is 14.0. The van der Waals surface area contributed by atoms with Crippen LogP contribution in [0.4, 0.5) is 5.69 Å². The molecule has 1 aromatic rings. The quantitative estimate of drug-likeness (QED) is 0.851. The Morgan fingerprint density at radius 1 is 1.17 bits per heavy atom. The van der Waals surface area contributed by atoms with E-state index in [9.17, 15) is 14.7 Å². The molecule has 1 aliphatic carbocycles. The highest BCUT2D eigenvalue weighted by Crippen LogP contribution is 2.29. The fraction of sp³-hybridized carbons (Fsp3) is 0.556. The molecular formula is C18H24N2O4. The summed E-state index contributed by atoms with van der Waals surface area (Å²) < 4.78 is 5.32. The second-order valence-corrected chi connectivity index (χ2v) is 6.51. The molecule has 24 heavy (non-hydrogen) atoms. The van der Waals surface area contributed by atoms with Crippen molar-refractivity contribution in [3.8, 4) is 5.75 Å². The number of ether oxygens (including phenoxy) is 1. The van der Waals surface area contributed by atoms with E-state index in [1.165, 1.54) is 0 Å². The number of para-hydroxylation sites is 2. The van der Waals surface area contributed by atoms with Crippen LogP contribution in [0.25, 0.3) is 0 Å². The number of rotatable bonds is 4. The van der Waals surface area contributed by atoms with E-state index in [2.05, 4.69) is 4.90 Å². The van der Waals surface area contributed by atoms with Crippen molar-refractivity contribution in [3.05, 3.63) is 24.3 Å². The Labute approximate surface area is 142 Å². The summed E-state index contributed by atoms with van der Waals surface area (Å²) in [6.07, 6.45) is 2.09. The lowest BCUT2D eigenvalue weighted by Gasteiger charge is -2.37. The number of anilines is 1. The maximum absolute atomic E-state index is 12.5. The summed E-state index contributed by atoms with van der Waals surface area (Å²) in [6.45, 7) is 4.05. The van der Waals surface area contributed by atoms with Gasteiger partial charge in [0.1, 0.15) is 5.75 Å². The van der Waals surface area contributed by atoms with Crippen LogP contribution < -0.4 is 4.90 Å². The number of hydrogen-bond donors (Lipinski definition) is 1. The first-order valence-corrected chi connectivity index (χ1v) is 8.58. The molecule has 3 rings (SSSR count). The van der Waals surface area contributed by atoms with Crippen molar-refractivity contribution in [1.29, 1.82) is 0 Å². The zero-order chi connectivity index (χ0) is 17.1. The van der Waals surface area contributed by atoms with E-state index in [0.717, 1.165) is 24.9 Å². The number of phenols is 1. The molecule has 1 aromatic carbocycles. The lowest BCUT2D eigenvalue weighted by molar-refractivity contribution is -0.164.